The van der Waals surface area contributed by atoms with E-state index in [4.69, 9.17) is 0 Å². The number of thioether (sulfide) groups is 1. The maximum Gasteiger partial charge on any atom is 0.173 e. The largest absolute Gasteiger partial charge is 0.293 e. The molecule has 1 aromatic carbocycles. The number of rotatable bonds is 4. The van der Waals surface area contributed by atoms with Crippen molar-refractivity contribution in [3.8, 4) is 6.07 Å². The molecule has 2 aromatic rings. The van der Waals surface area contributed by atoms with Crippen LogP contribution in [0.25, 0.3) is 0 Å². The Bertz CT molecular complexity index is 775. The lowest BCUT2D eigenvalue weighted by Crippen LogP contribution is -2.06. The minimum absolute atomic E-state index is 0.0674. The number of hydrogen-bond donors (Lipinski definition) is 0. The highest BCUT2D eigenvalue weighted by atomic mass is 32.2. The van der Waals surface area contributed by atoms with Gasteiger partial charge < -0.3 is 0 Å². The molecule has 0 saturated carbocycles. The molecule has 0 atom stereocenters. The first-order chi connectivity index (χ1) is 10.4. The number of aromatic nitrogens is 1. The molecule has 4 heteroatoms. The van der Waals surface area contributed by atoms with Gasteiger partial charge in [-0.3, -0.25) is 4.79 Å². The van der Waals surface area contributed by atoms with Crippen LogP contribution in [0, 0.1) is 39.0 Å². The van der Waals surface area contributed by atoms with E-state index < -0.39 is 0 Å². The first kappa shape index (κ1) is 16.3. The van der Waals surface area contributed by atoms with Gasteiger partial charge in [0.25, 0.3) is 0 Å². The van der Waals surface area contributed by atoms with Crippen LogP contribution >= 0.6 is 11.8 Å². The van der Waals surface area contributed by atoms with E-state index in [9.17, 15) is 10.1 Å². The van der Waals surface area contributed by atoms with Gasteiger partial charge in [-0.05, 0) is 62.1 Å². The molecule has 0 radical (unpaired) electrons. The fourth-order valence-corrected chi connectivity index (χ4v) is 3.16. The Hall–Kier alpha value is -2.12. The van der Waals surface area contributed by atoms with Gasteiger partial charge in [0, 0.05) is 11.8 Å². The van der Waals surface area contributed by atoms with Crippen LogP contribution in [-0.4, -0.2) is 16.5 Å². The predicted octanol–water partition coefficient (Wildman–Crippen LogP) is 4.16. The van der Waals surface area contributed by atoms with Crippen molar-refractivity contribution in [2.45, 2.75) is 32.7 Å². The van der Waals surface area contributed by atoms with Crippen LogP contribution in [0.2, 0.25) is 0 Å². The summed E-state index contributed by atoms with van der Waals surface area (Å²) >= 11 is 1.32. The van der Waals surface area contributed by atoms with E-state index in [2.05, 4.69) is 11.1 Å². The molecule has 22 heavy (non-hydrogen) atoms. The quantitative estimate of drug-likeness (QED) is 0.628. The highest BCUT2D eigenvalue weighted by molar-refractivity contribution is 8.00. The highest BCUT2D eigenvalue weighted by Crippen LogP contribution is 2.24. The summed E-state index contributed by atoms with van der Waals surface area (Å²) in [7, 11) is 0. The number of carbonyl (C=O) groups excluding carboxylic acids is 1. The van der Waals surface area contributed by atoms with Crippen molar-refractivity contribution in [1.29, 1.82) is 5.26 Å². The van der Waals surface area contributed by atoms with Crippen LogP contribution in [0.15, 0.2) is 29.4 Å². The second-order valence-electron chi connectivity index (χ2n) is 5.38. The third kappa shape index (κ3) is 3.37. The Kier molecular flexibility index (Phi) is 4.99. The molecule has 0 N–H and O–H groups in total. The molecule has 0 bridgehead atoms. The maximum absolute atomic E-state index is 12.5. The van der Waals surface area contributed by atoms with E-state index in [0.717, 1.165) is 22.3 Å². The third-order valence-corrected chi connectivity index (χ3v) is 4.71. The Labute approximate surface area is 135 Å². The zero-order valence-electron chi connectivity index (χ0n) is 13.2. The summed E-state index contributed by atoms with van der Waals surface area (Å²) in [6.07, 6.45) is 1.67. The molecule has 3 nitrogen and oxygen atoms in total. The third-order valence-electron chi connectivity index (χ3n) is 3.72. The van der Waals surface area contributed by atoms with Crippen molar-refractivity contribution >= 4 is 17.5 Å². The van der Waals surface area contributed by atoms with Crippen LogP contribution in [0.1, 0.15) is 38.2 Å². The Balaban J connectivity index is 2.20. The average molecular weight is 310 g/mol. The summed E-state index contributed by atoms with van der Waals surface area (Å²) in [6, 6.07) is 7.95. The van der Waals surface area contributed by atoms with Crippen molar-refractivity contribution in [2.24, 2.45) is 0 Å². The molecule has 0 fully saturated rings. The van der Waals surface area contributed by atoms with Gasteiger partial charge in [-0.25, -0.2) is 4.98 Å². The van der Waals surface area contributed by atoms with Crippen molar-refractivity contribution in [3.63, 3.8) is 0 Å². The van der Waals surface area contributed by atoms with Gasteiger partial charge in [-0.1, -0.05) is 17.8 Å². The SMILES string of the molecule is Cc1cc(C)c(C(=O)CSc2nccc(C)c2C#N)cc1C. The van der Waals surface area contributed by atoms with E-state index in [1.807, 2.05) is 39.8 Å². The molecule has 0 amide bonds. The van der Waals surface area contributed by atoms with E-state index in [-0.39, 0.29) is 11.5 Å². The highest BCUT2D eigenvalue weighted by Gasteiger charge is 2.14. The van der Waals surface area contributed by atoms with Gasteiger partial charge in [0.15, 0.2) is 5.78 Å². The van der Waals surface area contributed by atoms with Crippen LogP contribution in [0.5, 0.6) is 0 Å². The number of ketones is 1. The lowest BCUT2D eigenvalue weighted by molar-refractivity contribution is 0.102. The number of carbonyl (C=O) groups is 1. The molecular formula is C18H18N2OS. The molecule has 0 spiro atoms. The Morgan fingerprint density at radius 1 is 1.14 bits per heavy atom. The second kappa shape index (κ2) is 6.76. The molecule has 1 heterocycles. The van der Waals surface area contributed by atoms with E-state index in [1.165, 1.54) is 17.3 Å². The molecule has 112 valence electrons. The smallest absolute Gasteiger partial charge is 0.173 e. The van der Waals surface area contributed by atoms with E-state index in [0.29, 0.717) is 10.6 Å². The Morgan fingerprint density at radius 3 is 2.50 bits per heavy atom. The molecule has 1 aromatic heterocycles. The minimum Gasteiger partial charge on any atom is -0.293 e. The van der Waals surface area contributed by atoms with Crippen molar-refractivity contribution in [1.82, 2.24) is 4.98 Å². The average Bonchev–Trinajstić information content (AvgIpc) is 2.48. The zero-order chi connectivity index (χ0) is 16.3. The van der Waals surface area contributed by atoms with Crippen molar-refractivity contribution in [2.75, 3.05) is 5.75 Å². The number of pyridine rings is 1. The van der Waals surface area contributed by atoms with Gasteiger partial charge in [-0.2, -0.15) is 5.26 Å². The summed E-state index contributed by atoms with van der Waals surface area (Å²) in [5.74, 6) is 0.354. The second-order valence-corrected chi connectivity index (χ2v) is 6.35. The summed E-state index contributed by atoms with van der Waals surface area (Å²) in [4.78, 5) is 16.7. The number of benzene rings is 1. The van der Waals surface area contributed by atoms with Gasteiger partial charge in [0.1, 0.15) is 11.1 Å². The monoisotopic (exact) mass is 310 g/mol. The van der Waals surface area contributed by atoms with Crippen LogP contribution in [-0.2, 0) is 0 Å². The molecule has 0 aliphatic rings. The fourth-order valence-electron chi connectivity index (χ4n) is 2.25. The molecular weight excluding hydrogens is 292 g/mol. The summed E-state index contributed by atoms with van der Waals surface area (Å²) in [5, 5.41) is 9.83. The molecule has 0 aliphatic heterocycles. The number of hydrogen-bond acceptors (Lipinski definition) is 4. The standard InChI is InChI=1S/C18H18N2OS/c1-11-5-6-20-18(16(11)9-19)22-10-17(21)15-8-13(3)12(2)7-14(15)4/h5-8H,10H2,1-4H3. The minimum atomic E-state index is 0.0674. The Morgan fingerprint density at radius 2 is 1.82 bits per heavy atom. The summed E-state index contributed by atoms with van der Waals surface area (Å²) in [5.41, 5.74) is 5.49. The predicted molar refractivity (Wildman–Crippen MR) is 89.4 cm³/mol. The topological polar surface area (TPSA) is 53.8 Å². The van der Waals surface area contributed by atoms with E-state index >= 15 is 0 Å². The number of nitrogens with zero attached hydrogens (tertiary/aromatic N) is 2. The summed E-state index contributed by atoms with van der Waals surface area (Å²) in [6.45, 7) is 7.88. The number of nitriles is 1. The van der Waals surface area contributed by atoms with Crippen LogP contribution in [0.4, 0.5) is 0 Å². The normalized spacial score (nSPS) is 10.3. The van der Waals surface area contributed by atoms with Gasteiger partial charge in [0.2, 0.25) is 0 Å². The fraction of sp³-hybridized carbons (Fsp3) is 0.278. The summed E-state index contributed by atoms with van der Waals surface area (Å²) < 4.78 is 0. The van der Waals surface area contributed by atoms with E-state index in [1.54, 1.807) is 12.3 Å². The number of aryl methyl sites for hydroxylation is 4. The van der Waals surface area contributed by atoms with Gasteiger partial charge in [0.05, 0.1) is 11.3 Å². The van der Waals surface area contributed by atoms with Crippen molar-refractivity contribution < 1.29 is 4.79 Å². The molecule has 2 rings (SSSR count). The number of Topliss-reactive ketones (excluding diaryl/α,β-unsaturated/α-hetero) is 1. The van der Waals surface area contributed by atoms with Gasteiger partial charge in [-0.15, -0.1) is 0 Å². The van der Waals surface area contributed by atoms with Crippen LogP contribution < -0.4 is 0 Å². The molecule has 0 unspecified atom stereocenters. The molecule has 0 saturated heterocycles. The first-order valence-corrected chi connectivity index (χ1v) is 8.02. The van der Waals surface area contributed by atoms with Crippen molar-refractivity contribution in [3.05, 3.63) is 57.8 Å². The lowest BCUT2D eigenvalue weighted by atomic mass is 9.99. The zero-order valence-corrected chi connectivity index (χ0v) is 14.0. The maximum atomic E-state index is 12.5. The van der Waals surface area contributed by atoms with Gasteiger partial charge >= 0.3 is 0 Å². The first-order valence-electron chi connectivity index (χ1n) is 7.03. The molecule has 0 aliphatic carbocycles. The van der Waals surface area contributed by atoms with Crippen LogP contribution in [0.3, 0.4) is 0 Å². The lowest BCUT2D eigenvalue weighted by Gasteiger charge is -2.09.